The number of aromatic nitrogens is 1. The molecule has 0 atom stereocenters. The first-order valence-electron chi connectivity index (χ1n) is 6.32. The summed E-state index contributed by atoms with van der Waals surface area (Å²) in [5, 5.41) is 10.1. The van der Waals surface area contributed by atoms with E-state index in [4.69, 9.17) is 4.74 Å². The Balaban J connectivity index is 1.91. The van der Waals surface area contributed by atoms with Crippen LogP contribution in [0.4, 0.5) is 0 Å². The number of hydrogen-bond donors (Lipinski definition) is 0. The summed E-state index contributed by atoms with van der Waals surface area (Å²) < 4.78 is 5.75. The molecule has 3 rings (SSSR count). The molecule has 1 heterocycles. The lowest BCUT2D eigenvalue weighted by molar-refractivity contribution is 0.306. The first-order chi connectivity index (χ1) is 9.86. The van der Waals surface area contributed by atoms with Crippen LogP contribution in [0.3, 0.4) is 0 Å². The van der Waals surface area contributed by atoms with Crippen LogP contribution < -0.4 is 4.74 Å². The summed E-state index contributed by atoms with van der Waals surface area (Å²) in [6.07, 6.45) is 1.71. The van der Waals surface area contributed by atoms with Crippen LogP contribution >= 0.6 is 0 Å². The van der Waals surface area contributed by atoms with Gasteiger partial charge in [0.05, 0.1) is 17.1 Å². The Bertz CT molecular complexity index is 776. The maximum absolute atomic E-state index is 9.21. The molecule has 0 aliphatic rings. The topological polar surface area (TPSA) is 45.9 Å². The lowest BCUT2D eigenvalue weighted by Crippen LogP contribution is -1.96. The van der Waals surface area contributed by atoms with Gasteiger partial charge in [0.2, 0.25) is 0 Å². The summed E-state index contributed by atoms with van der Waals surface area (Å²) in [6, 6.07) is 19.4. The minimum Gasteiger partial charge on any atom is -0.489 e. The predicted octanol–water partition coefficient (Wildman–Crippen LogP) is 3.69. The van der Waals surface area contributed by atoms with E-state index in [1.807, 2.05) is 48.5 Å². The molecule has 0 fully saturated rings. The van der Waals surface area contributed by atoms with Crippen molar-refractivity contribution in [2.75, 3.05) is 0 Å². The number of ether oxygens (including phenoxy) is 1. The van der Waals surface area contributed by atoms with Crippen molar-refractivity contribution in [3.63, 3.8) is 0 Å². The van der Waals surface area contributed by atoms with Gasteiger partial charge in [-0.15, -0.1) is 0 Å². The zero-order valence-corrected chi connectivity index (χ0v) is 10.8. The second-order valence-corrected chi connectivity index (χ2v) is 4.43. The van der Waals surface area contributed by atoms with E-state index in [2.05, 4.69) is 11.1 Å². The van der Waals surface area contributed by atoms with Crippen molar-refractivity contribution in [2.24, 2.45) is 0 Å². The second-order valence-electron chi connectivity index (χ2n) is 4.43. The summed E-state index contributed by atoms with van der Waals surface area (Å²) in [4.78, 5) is 4.27. The number of nitrogens with zero attached hydrogens (tertiary/aromatic N) is 2. The first kappa shape index (κ1) is 12.2. The van der Waals surface area contributed by atoms with E-state index in [0.29, 0.717) is 17.9 Å². The maximum atomic E-state index is 9.21. The molecular weight excluding hydrogens is 248 g/mol. The molecule has 20 heavy (non-hydrogen) atoms. The Morgan fingerprint density at radius 2 is 1.90 bits per heavy atom. The molecule has 1 aromatic heterocycles. The third-order valence-corrected chi connectivity index (χ3v) is 3.06. The standard InChI is InChI=1S/C17H12N2O/c18-11-14-9-15(10-17-16(14)7-4-8-19-17)20-12-13-5-2-1-3-6-13/h1-10H,12H2. The first-order valence-corrected chi connectivity index (χ1v) is 6.32. The van der Waals surface area contributed by atoms with Crippen LogP contribution in [0, 0.1) is 11.3 Å². The molecule has 3 aromatic rings. The van der Waals surface area contributed by atoms with Crippen LogP contribution in [0.1, 0.15) is 11.1 Å². The molecule has 0 N–H and O–H groups in total. The third kappa shape index (κ3) is 2.45. The molecule has 2 aromatic carbocycles. The number of fused-ring (bicyclic) bond motifs is 1. The van der Waals surface area contributed by atoms with Gasteiger partial charge in [0.1, 0.15) is 12.4 Å². The molecule has 3 nitrogen and oxygen atoms in total. The quantitative estimate of drug-likeness (QED) is 0.721. The van der Waals surface area contributed by atoms with E-state index in [0.717, 1.165) is 16.5 Å². The maximum Gasteiger partial charge on any atom is 0.123 e. The summed E-state index contributed by atoms with van der Waals surface area (Å²) in [7, 11) is 0. The number of hydrogen-bond acceptors (Lipinski definition) is 3. The van der Waals surface area contributed by atoms with Gasteiger partial charge in [0, 0.05) is 17.6 Å². The van der Waals surface area contributed by atoms with Gasteiger partial charge in [-0.3, -0.25) is 4.98 Å². The van der Waals surface area contributed by atoms with Crippen LogP contribution in [-0.2, 0) is 6.61 Å². The minimum atomic E-state index is 0.476. The second kappa shape index (κ2) is 5.41. The molecule has 0 aliphatic heterocycles. The van der Waals surface area contributed by atoms with Gasteiger partial charge >= 0.3 is 0 Å². The summed E-state index contributed by atoms with van der Waals surface area (Å²) in [5.41, 5.74) is 2.44. The van der Waals surface area contributed by atoms with E-state index >= 15 is 0 Å². The Kier molecular flexibility index (Phi) is 3.30. The van der Waals surface area contributed by atoms with E-state index in [9.17, 15) is 5.26 Å². The number of rotatable bonds is 3. The molecular formula is C17H12N2O. The number of pyridine rings is 1. The van der Waals surface area contributed by atoms with Crippen molar-refractivity contribution in [1.82, 2.24) is 4.98 Å². The molecule has 0 saturated carbocycles. The molecule has 96 valence electrons. The predicted molar refractivity (Wildman–Crippen MR) is 77.2 cm³/mol. The zero-order valence-electron chi connectivity index (χ0n) is 10.8. The van der Waals surface area contributed by atoms with E-state index in [-0.39, 0.29) is 0 Å². The van der Waals surface area contributed by atoms with Gasteiger partial charge in [-0.1, -0.05) is 30.3 Å². The van der Waals surface area contributed by atoms with Crippen molar-refractivity contribution < 1.29 is 4.74 Å². The van der Waals surface area contributed by atoms with E-state index < -0.39 is 0 Å². The van der Waals surface area contributed by atoms with Gasteiger partial charge in [0.15, 0.2) is 0 Å². The van der Waals surface area contributed by atoms with Gasteiger partial charge in [0.25, 0.3) is 0 Å². The van der Waals surface area contributed by atoms with Crippen LogP contribution in [0.5, 0.6) is 5.75 Å². The van der Waals surface area contributed by atoms with Gasteiger partial charge in [-0.2, -0.15) is 5.26 Å². The Labute approximate surface area is 117 Å². The highest BCUT2D eigenvalue weighted by Crippen LogP contribution is 2.24. The fraction of sp³-hybridized carbons (Fsp3) is 0.0588. The third-order valence-electron chi connectivity index (χ3n) is 3.06. The van der Waals surface area contributed by atoms with Crippen LogP contribution in [0.25, 0.3) is 10.9 Å². The lowest BCUT2D eigenvalue weighted by atomic mass is 10.1. The van der Waals surface area contributed by atoms with Crippen molar-refractivity contribution in [3.05, 3.63) is 71.9 Å². The van der Waals surface area contributed by atoms with Crippen molar-refractivity contribution in [2.45, 2.75) is 6.61 Å². The Morgan fingerprint density at radius 3 is 2.70 bits per heavy atom. The monoisotopic (exact) mass is 260 g/mol. The Morgan fingerprint density at radius 1 is 1.05 bits per heavy atom. The summed E-state index contributed by atoms with van der Waals surface area (Å²) in [5.74, 6) is 0.664. The van der Waals surface area contributed by atoms with Gasteiger partial charge < -0.3 is 4.74 Å². The fourth-order valence-electron chi connectivity index (χ4n) is 2.07. The lowest BCUT2D eigenvalue weighted by Gasteiger charge is -2.08. The van der Waals surface area contributed by atoms with E-state index in [1.54, 1.807) is 12.3 Å². The highest BCUT2D eigenvalue weighted by atomic mass is 16.5. The highest BCUT2D eigenvalue weighted by molar-refractivity contribution is 5.86. The molecule has 0 aliphatic carbocycles. The SMILES string of the molecule is N#Cc1cc(OCc2ccccc2)cc2ncccc12. The number of benzene rings is 2. The molecule has 0 amide bonds. The molecule has 0 radical (unpaired) electrons. The average molecular weight is 260 g/mol. The molecule has 0 bridgehead atoms. The Hall–Kier alpha value is -2.86. The van der Waals surface area contributed by atoms with Crippen molar-refractivity contribution >= 4 is 10.9 Å². The average Bonchev–Trinajstić information content (AvgIpc) is 2.53. The van der Waals surface area contributed by atoms with Crippen LogP contribution in [-0.4, -0.2) is 4.98 Å². The van der Waals surface area contributed by atoms with Gasteiger partial charge in [-0.05, 0) is 23.8 Å². The summed E-state index contributed by atoms with van der Waals surface area (Å²) >= 11 is 0. The molecule has 0 unspecified atom stereocenters. The minimum absolute atomic E-state index is 0.476. The van der Waals surface area contributed by atoms with Gasteiger partial charge in [-0.25, -0.2) is 0 Å². The largest absolute Gasteiger partial charge is 0.489 e. The fourth-order valence-corrected chi connectivity index (χ4v) is 2.07. The van der Waals surface area contributed by atoms with Crippen LogP contribution in [0.15, 0.2) is 60.8 Å². The molecule has 0 spiro atoms. The van der Waals surface area contributed by atoms with Crippen LogP contribution in [0.2, 0.25) is 0 Å². The van der Waals surface area contributed by atoms with E-state index in [1.165, 1.54) is 0 Å². The summed E-state index contributed by atoms with van der Waals surface area (Å²) in [6.45, 7) is 0.476. The molecule has 3 heteroatoms. The normalized spacial score (nSPS) is 10.2. The number of nitriles is 1. The zero-order chi connectivity index (χ0) is 13.8. The van der Waals surface area contributed by atoms with Crippen molar-refractivity contribution in [1.29, 1.82) is 5.26 Å². The molecule has 0 saturated heterocycles. The van der Waals surface area contributed by atoms with Crippen molar-refractivity contribution in [3.8, 4) is 11.8 Å². The smallest absolute Gasteiger partial charge is 0.123 e. The highest BCUT2D eigenvalue weighted by Gasteiger charge is 2.05.